The Hall–Kier alpha value is -1.85. The fraction of sp³-hybridized carbons (Fsp3) is 0.412. The minimum Gasteiger partial charge on any atom is -0.348 e. The number of amides is 1. The second-order valence-corrected chi connectivity index (χ2v) is 5.95. The fourth-order valence-electron chi connectivity index (χ4n) is 2.87. The van der Waals surface area contributed by atoms with Crippen molar-refractivity contribution in [1.82, 2.24) is 20.4 Å². The summed E-state index contributed by atoms with van der Waals surface area (Å²) in [5.41, 5.74) is 3.94. The van der Waals surface area contributed by atoms with Crippen LogP contribution in [-0.4, -0.2) is 34.8 Å². The number of aromatic nitrogens is 2. The van der Waals surface area contributed by atoms with Crippen molar-refractivity contribution in [3.63, 3.8) is 0 Å². The summed E-state index contributed by atoms with van der Waals surface area (Å²) < 4.78 is 1.97. The molecule has 1 saturated heterocycles. The smallest absolute Gasteiger partial charge is 0.251 e. The highest BCUT2D eigenvalue weighted by Crippen LogP contribution is 2.10. The first-order chi connectivity index (χ1) is 10.6. The highest BCUT2D eigenvalue weighted by atomic mass is 35.5. The second kappa shape index (κ2) is 7.62. The van der Waals surface area contributed by atoms with Gasteiger partial charge in [0.15, 0.2) is 0 Å². The molecule has 0 bridgehead atoms. The van der Waals surface area contributed by atoms with Gasteiger partial charge >= 0.3 is 0 Å². The quantitative estimate of drug-likeness (QED) is 0.899. The molecule has 1 aliphatic heterocycles. The zero-order valence-corrected chi connectivity index (χ0v) is 14.3. The van der Waals surface area contributed by atoms with E-state index < -0.39 is 0 Å². The van der Waals surface area contributed by atoms with E-state index in [2.05, 4.69) is 21.8 Å². The number of nitrogens with zero attached hydrogens (tertiary/aromatic N) is 2. The topological polar surface area (TPSA) is 59.0 Å². The van der Waals surface area contributed by atoms with Crippen LogP contribution in [0.2, 0.25) is 0 Å². The number of aryl methyl sites for hydroxylation is 2. The van der Waals surface area contributed by atoms with Crippen molar-refractivity contribution in [2.24, 2.45) is 0 Å². The summed E-state index contributed by atoms with van der Waals surface area (Å²) in [6.07, 6.45) is 0.997. The average Bonchev–Trinajstić information content (AvgIpc) is 3.09. The summed E-state index contributed by atoms with van der Waals surface area (Å²) in [6.45, 7) is 6.55. The van der Waals surface area contributed by atoms with Crippen LogP contribution in [0.3, 0.4) is 0 Å². The summed E-state index contributed by atoms with van der Waals surface area (Å²) >= 11 is 0. The van der Waals surface area contributed by atoms with Crippen LogP contribution < -0.4 is 10.6 Å². The van der Waals surface area contributed by atoms with E-state index in [-0.39, 0.29) is 24.4 Å². The minimum atomic E-state index is 0. The fourth-order valence-corrected chi connectivity index (χ4v) is 2.87. The van der Waals surface area contributed by atoms with E-state index in [0.29, 0.717) is 12.1 Å². The summed E-state index contributed by atoms with van der Waals surface area (Å²) in [7, 11) is 0. The Morgan fingerprint density at radius 1 is 1.39 bits per heavy atom. The van der Waals surface area contributed by atoms with Gasteiger partial charge in [-0.3, -0.25) is 9.48 Å². The third-order valence-corrected chi connectivity index (χ3v) is 4.02. The predicted octanol–water partition coefficient (Wildman–Crippen LogP) is 2.06. The molecule has 1 amide bonds. The molecule has 0 radical (unpaired) electrons. The largest absolute Gasteiger partial charge is 0.348 e. The Labute approximate surface area is 142 Å². The van der Waals surface area contributed by atoms with Crippen LogP contribution in [0, 0.1) is 13.8 Å². The first-order valence-corrected chi connectivity index (χ1v) is 7.73. The lowest BCUT2D eigenvalue weighted by molar-refractivity contribution is 0.0940. The Balaban J connectivity index is 0.00000192. The predicted molar refractivity (Wildman–Crippen MR) is 93.2 cm³/mol. The maximum Gasteiger partial charge on any atom is 0.251 e. The molecule has 124 valence electrons. The molecule has 1 aromatic heterocycles. The van der Waals surface area contributed by atoms with E-state index in [9.17, 15) is 4.79 Å². The lowest BCUT2D eigenvalue weighted by Gasteiger charge is -2.12. The Kier molecular flexibility index (Phi) is 5.80. The van der Waals surface area contributed by atoms with Gasteiger partial charge in [0.2, 0.25) is 0 Å². The highest BCUT2D eigenvalue weighted by Gasteiger charge is 2.17. The molecule has 1 unspecified atom stereocenters. The molecule has 2 N–H and O–H groups in total. The van der Waals surface area contributed by atoms with E-state index >= 15 is 0 Å². The molecule has 0 spiro atoms. The third-order valence-electron chi connectivity index (χ3n) is 4.02. The van der Waals surface area contributed by atoms with Gasteiger partial charge in [0.1, 0.15) is 0 Å². The zero-order valence-electron chi connectivity index (χ0n) is 13.5. The molecule has 3 rings (SSSR count). The minimum absolute atomic E-state index is 0. The number of carbonyl (C=O) groups excluding carboxylic acids is 1. The van der Waals surface area contributed by atoms with Gasteiger partial charge in [-0.1, -0.05) is 12.1 Å². The van der Waals surface area contributed by atoms with Crippen molar-refractivity contribution in [2.75, 3.05) is 13.1 Å². The van der Waals surface area contributed by atoms with E-state index in [1.54, 1.807) is 0 Å². The summed E-state index contributed by atoms with van der Waals surface area (Å²) in [4.78, 5) is 12.3. The Bertz CT molecular complexity index is 677. The summed E-state index contributed by atoms with van der Waals surface area (Å²) in [5.74, 6) is 0.00363. The number of hydrogen-bond acceptors (Lipinski definition) is 3. The molecule has 23 heavy (non-hydrogen) atoms. The van der Waals surface area contributed by atoms with E-state index in [4.69, 9.17) is 0 Å². The number of benzene rings is 1. The van der Waals surface area contributed by atoms with E-state index in [1.807, 2.05) is 42.8 Å². The molecular weight excluding hydrogens is 312 g/mol. The van der Waals surface area contributed by atoms with Gasteiger partial charge in [0, 0.05) is 23.8 Å². The normalized spacial score (nSPS) is 16.9. The van der Waals surface area contributed by atoms with Crippen LogP contribution in [-0.2, 0) is 6.54 Å². The average molecular weight is 335 g/mol. The van der Waals surface area contributed by atoms with Crippen LogP contribution in [0.5, 0.6) is 0 Å². The number of halogens is 1. The SMILES string of the molecule is Cc1cc(C)n(Cc2cccc(C(=O)NC3CCNC3)c2)n1.Cl. The lowest BCUT2D eigenvalue weighted by atomic mass is 10.1. The molecule has 1 atom stereocenters. The number of nitrogens with one attached hydrogen (secondary N) is 2. The van der Waals surface area contributed by atoms with Crippen molar-refractivity contribution < 1.29 is 4.79 Å². The van der Waals surface area contributed by atoms with Crippen molar-refractivity contribution in [1.29, 1.82) is 0 Å². The van der Waals surface area contributed by atoms with Crippen LogP contribution in [0.1, 0.15) is 33.7 Å². The molecule has 5 nitrogen and oxygen atoms in total. The molecule has 0 aliphatic carbocycles. The monoisotopic (exact) mass is 334 g/mol. The van der Waals surface area contributed by atoms with Gasteiger partial charge in [-0.15, -0.1) is 12.4 Å². The van der Waals surface area contributed by atoms with Gasteiger partial charge in [0.05, 0.1) is 12.2 Å². The zero-order chi connectivity index (χ0) is 15.5. The van der Waals surface area contributed by atoms with E-state index in [1.165, 1.54) is 0 Å². The van der Waals surface area contributed by atoms with Crippen molar-refractivity contribution >= 4 is 18.3 Å². The van der Waals surface area contributed by atoms with Crippen molar-refractivity contribution in [2.45, 2.75) is 32.9 Å². The van der Waals surface area contributed by atoms with Crippen molar-refractivity contribution in [3.8, 4) is 0 Å². The maximum absolute atomic E-state index is 12.3. The third kappa shape index (κ3) is 4.33. The van der Waals surface area contributed by atoms with Crippen LogP contribution in [0.4, 0.5) is 0 Å². The molecule has 0 saturated carbocycles. The van der Waals surface area contributed by atoms with Crippen LogP contribution in [0.15, 0.2) is 30.3 Å². The molecular formula is C17H23ClN4O. The maximum atomic E-state index is 12.3. The van der Waals surface area contributed by atoms with Gasteiger partial charge in [-0.2, -0.15) is 5.10 Å². The molecule has 1 aromatic carbocycles. The molecule has 2 heterocycles. The molecule has 6 heteroatoms. The first kappa shape index (κ1) is 17.5. The van der Waals surface area contributed by atoms with E-state index in [0.717, 1.165) is 36.5 Å². The van der Waals surface area contributed by atoms with Crippen molar-refractivity contribution in [3.05, 3.63) is 52.8 Å². The summed E-state index contributed by atoms with van der Waals surface area (Å²) in [5, 5.41) is 10.8. The Morgan fingerprint density at radius 3 is 2.87 bits per heavy atom. The molecule has 1 fully saturated rings. The summed E-state index contributed by atoms with van der Waals surface area (Å²) in [6, 6.07) is 10.1. The van der Waals surface area contributed by atoms with Gasteiger partial charge in [0.25, 0.3) is 5.91 Å². The second-order valence-electron chi connectivity index (χ2n) is 5.95. The standard InChI is InChI=1S/C17H22N4O.ClH/c1-12-8-13(2)21(20-12)11-14-4-3-5-15(9-14)17(22)19-16-6-7-18-10-16;/h3-5,8-9,16,18H,6-7,10-11H2,1-2H3,(H,19,22);1H. The number of carbonyl (C=O) groups is 1. The first-order valence-electron chi connectivity index (χ1n) is 7.73. The van der Waals surface area contributed by atoms with Gasteiger partial charge < -0.3 is 10.6 Å². The molecule has 1 aliphatic rings. The van der Waals surface area contributed by atoms with Gasteiger partial charge in [-0.05, 0) is 50.6 Å². The molecule has 2 aromatic rings. The Morgan fingerprint density at radius 2 is 2.22 bits per heavy atom. The van der Waals surface area contributed by atoms with Crippen LogP contribution in [0.25, 0.3) is 0 Å². The number of hydrogen-bond donors (Lipinski definition) is 2. The lowest BCUT2D eigenvalue weighted by Crippen LogP contribution is -2.36. The highest BCUT2D eigenvalue weighted by molar-refractivity contribution is 5.94. The van der Waals surface area contributed by atoms with Gasteiger partial charge in [-0.25, -0.2) is 0 Å². The van der Waals surface area contributed by atoms with Crippen LogP contribution >= 0.6 is 12.4 Å². The number of rotatable bonds is 4.